The molecule has 0 amide bonds. The number of phenols is 1. The lowest BCUT2D eigenvalue weighted by Crippen LogP contribution is -2.26. The molecule has 3 nitrogen and oxygen atoms in total. The van der Waals surface area contributed by atoms with Crippen LogP contribution in [0.15, 0.2) is 65.6 Å². The molecule has 3 aromatic carbocycles. The minimum Gasteiger partial charge on any atom is -0.508 e. The minimum atomic E-state index is -0.274. The lowest BCUT2D eigenvalue weighted by Gasteiger charge is -2.19. The smallest absolute Gasteiger partial charge is 0.119 e. The molecule has 3 aromatic rings. The zero-order chi connectivity index (χ0) is 25.1. The normalized spacial score (nSPS) is 18.2. The summed E-state index contributed by atoms with van der Waals surface area (Å²) in [7, 11) is 0. The van der Waals surface area contributed by atoms with Gasteiger partial charge in [0.25, 0.3) is 0 Å². The van der Waals surface area contributed by atoms with Crippen LogP contribution in [0.25, 0.3) is 11.1 Å². The summed E-state index contributed by atoms with van der Waals surface area (Å²) in [5.74, 6) is 1.96. The molecular formula is C29H28Cl2FNO2S. The molecule has 2 aliphatic rings. The third kappa shape index (κ3) is 5.70. The third-order valence-electron chi connectivity index (χ3n) is 6.69. The zero-order valence-corrected chi connectivity index (χ0v) is 22.2. The van der Waals surface area contributed by atoms with Crippen LogP contribution in [0.5, 0.6) is 11.5 Å². The maximum atomic E-state index is 12.5. The van der Waals surface area contributed by atoms with Gasteiger partial charge in [-0.3, -0.25) is 9.29 Å². The standard InChI is InChI=1S/C29H28Cl2FNO2S/c30-20-4-8-24(27(31)16-20)25-11-15-36-28-17-21(34)5-9-26(28)29(25)19-2-6-22(7-3-19)35-23-10-14-33(18-23)13-1-12-32/h2-9,16-17,23,34H,1,10-15,18H2/t23-/m0/s1. The van der Waals surface area contributed by atoms with E-state index in [0.29, 0.717) is 16.5 Å². The maximum Gasteiger partial charge on any atom is 0.119 e. The molecule has 0 spiro atoms. The van der Waals surface area contributed by atoms with Crippen LogP contribution in [-0.4, -0.2) is 48.2 Å². The van der Waals surface area contributed by atoms with E-state index in [4.69, 9.17) is 27.9 Å². The highest BCUT2D eigenvalue weighted by molar-refractivity contribution is 7.99. The summed E-state index contributed by atoms with van der Waals surface area (Å²) in [5.41, 5.74) is 5.36. The van der Waals surface area contributed by atoms with Crippen LogP contribution in [0.2, 0.25) is 10.0 Å². The van der Waals surface area contributed by atoms with Gasteiger partial charge in [0, 0.05) is 40.3 Å². The van der Waals surface area contributed by atoms with Crippen molar-refractivity contribution in [1.82, 2.24) is 4.90 Å². The Morgan fingerprint density at radius 2 is 1.83 bits per heavy atom. The summed E-state index contributed by atoms with van der Waals surface area (Å²) in [6.45, 7) is 2.29. The van der Waals surface area contributed by atoms with Gasteiger partial charge in [-0.2, -0.15) is 0 Å². The molecule has 1 atom stereocenters. The Bertz CT molecular complexity index is 1260. The van der Waals surface area contributed by atoms with Gasteiger partial charge in [0.1, 0.15) is 17.6 Å². The highest BCUT2D eigenvalue weighted by Crippen LogP contribution is 2.45. The van der Waals surface area contributed by atoms with Gasteiger partial charge in [-0.25, -0.2) is 0 Å². The summed E-state index contributed by atoms with van der Waals surface area (Å²) in [6.07, 6.45) is 2.47. The van der Waals surface area contributed by atoms with Gasteiger partial charge in [-0.1, -0.05) is 41.4 Å². The maximum absolute atomic E-state index is 12.5. The number of likely N-dealkylation sites (tertiary alicyclic amines) is 1. The van der Waals surface area contributed by atoms with E-state index < -0.39 is 0 Å². The highest BCUT2D eigenvalue weighted by atomic mass is 35.5. The predicted molar refractivity (Wildman–Crippen MR) is 148 cm³/mol. The van der Waals surface area contributed by atoms with Crippen LogP contribution >= 0.6 is 35.0 Å². The first-order valence-corrected chi connectivity index (χ1v) is 14.0. The molecule has 7 heteroatoms. The number of fused-ring (bicyclic) bond motifs is 1. The van der Waals surface area contributed by atoms with Crippen LogP contribution in [-0.2, 0) is 0 Å². The van der Waals surface area contributed by atoms with Gasteiger partial charge in [0.15, 0.2) is 0 Å². The number of halogens is 3. The number of phenolic OH excluding ortho intramolecular Hbond substituents is 1. The number of allylic oxidation sites excluding steroid dienone is 1. The van der Waals surface area contributed by atoms with E-state index in [0.717, 1.165) is 76.7 Å². The highest BCUT2D eigenvalue weighted by Gasteiger charge is 2.25. The monoisotopic (exact) mass is 543 g/mol. The molecular weight excluding hydrogens is 516 g/mol. The fraction of sp³-hybridized carbons (Fsp3) is 0.310. The summed E-state index contributed by atoms with van der Waals surface area (Å²) >= 11 is 14.6. The predicted octanol–water partition coefficient (Wildman–Crippen LogP) is 7.97. The summed E-state index contributed by atoms with van der Waals surface area (Å²) in [4.78, 5) is 3.31. The molecule has 5 rings (SSSR count). The molecule has 0 bridgehead atoms. The molecule has 188 valence electrons. The van der Waals surface area contributed by atoms with Gasteiger partial charge >= 0.3 is 0 Å². The molecule has 2 heterocycles. The molecule has 0 saturated carbocycles. The number of hydrogen-bond donors (Lipinski definition) is 1. The second-order valence-electron chi connectivity index (χ2n) is 9.15. The minimum absolute atomic E-state index is 0.121. The SMILES string of the molecule is Oc1ccc2c(c1)SCCC(c1ccc(Cl)cc1Cl)=C2c1ccc(O[C@H]2CCN(CCCF)C2)cc1. The summed E-state index contributed by atoms with van der Waals surface area (Å²) < 4.78 is 18.8. The van der Waals surface area contributed by atoms with E-state index in [2.05, 4.69) is 17.0 Å². The number of hydrogen-bond acceptors (Lipinski definition) is 4. The van der Waals surface area contributed by atoms with Crippen molar-refractivity contribution >= 4 is 46.1 Å². The zero-order valence-electron chi connectivity index (χ0n) is 19.9. The Labute approximate surface area is 225 Å². The van der Waals surface area contributed by atoms with Gasteiger partial charge < -0.3 is 9.84 Å². The third-order valence-corrected chi connectivity index (χ3v) is 8.29. The number of nitrogens with zero attached hydrogens (tertiary/aromatic N) is 1. The van der Waals surface area contributed by atoms with Crippen LogP contribution in [0.3, 0.4) is 0 Å². The van der Waals surface area contributed by atoms with Crippen molar-refractivity contribution in [1.29, 1.82) is 0 Å². The van der Waals surface area contributed by atoms with Crippen molar-refractivity contribution in [2.75, 3.05) is 32.1 Å². The average Bonchev–Trinajstić information content (AvgIpc) is 3.22. The first-order valence-electron chi connectivity index (χ1n) is 12.2. The number of aromatic hydroxyl groups is 1. The number of benzene rings is 3. The molecule has 2 aliphatic heterocycles. The van der Waals surface area contributed by atoms with Gasteiger partial charge in [0.05, 0.1) is 6.67 Å². The molecule has 1 saturated heterocycles. The van der Waals surface area contributed by atoms with E-state index in [1.165, 1.54) is 0 Å². The first-order chi connectivity index (χ1) is 17.5. The fourth-order valence-corrected chi connectivity index (χ4v) is 6.57. The van der Waals surface area contributed by atoms with Crippen molar-refractivity contribution in [3.63, 3.8) is 0 Å². The van der Waals surface area contributed by atoms with Crippen molar-refractivity contribution in [3.05, 3.63) is 87.4 Å². The number of thioether (sulfide) groups is 1. The molecule has 0 aromatic heterocycles. The Hall–Kier alpha value is -2.18. The Balaban J connectivity index is 1.49. The van der Waals surface area contributed by atoms with E-state index in [-0.39, 0.29) is 18.5 Å². The van der Waals surface area contributed by atoms with Gasteiger partial charge in [-0.15, -0.1) is 11.8 Å². The molecule has 1 N–H and O–H groups in total. The Morgan fingerprint density at radius 1 is 1.03 bits per heavy atom. The molecule has 36 heavy (non-hydrogen) atoms. The van der Waals surface area contributed by atoms with Crippen LogP contribution in [0.1, 0.15) is 36.0 Å². The van der Waals surface area contributed by atoms with Crippen molar-refractivity contribution in [2.45, 2.75) is 30.3 Å². The first kappa shape index (κ1) is 25.5. The van der Waals surface area contributed by atoms with E-state index in [1.54, 1.807) is 23.9 Å². The molecule has 0 unspecified atom stereocenters. The number of ether oxygens (including phenoxy) is 1. The molecule has 0 radical (unpaired) electrons. The largest absolute Gasteiger partial charge is 0.508 e. The second-order valence-corrected chi connectivity index (χ2v) is 11.1. The number of alkyl halides is 1. The van der Waals surface area contributed by atoms with Crippen LogP contribution in [0.4, 0.5) is 4.39 Å². The lowest BCUT2D eigenvalue weighted by molar-refractivity contribution is 0.198. The topological polar surface area (TPSA) is 32.7 Å². The Kier molecular flexibility index (Phi) is 8.12. The van der Waals surface area contributed by atoms with Crippen molar-refractivity contribution < 1.29 is 14.2 Å². The average molecular weight is 545 g/mol. The lowest BCUT2D eigenvalue weighted by atomic mass is 9.88. The van der Waals surface area contributed by atoms with Crippen LogP contribution < -0.4 is 4.74 Å². The quantitative estimate of drug-likeness (QED) is 0.327. The summed E-state index contributed by atoms with van der Waals surface area (Å²) in [5, 5.41) is 11.4. The van der Waals surface area contributed by atoms with Crippen molar-refractivity contribution in [3.8, 4) is 11.5 Å². The van der Waals surface area contributed by atoms with E-state index in [9.17, 15) is 9.50 Å². The van der Waals surface area contributed by atoms with Gasteiger partial charge in [-0.05, 0) is 89.6 Å². The Morgan fingerprint density at radius 3 is 2.61 bits per heavy atom. The van der Waals surface area contributed by atoms with E-state index in [1.807, 2.05) is 36.4 Å². The van der Waals surface area contributed by atoms with E-state index >= 15 is 0 Å². The van der Waals surface area contributed by atoms with Gasteiger partial charge in [0.2, 0.25) is 0 Å². The molecule has 0 aliphatic carbocycles. The second kappa shape index (κ2) is 11.5. The summed E-state index contributed by atoms with van der Waals surface area (Å²) in [6, 6.07) is 19.4. The molecule has 1 fully saturated rings. The van der Waals surface area contributed by atoms with Crippen LogP contribution in [0, 0.1) is 0 Å². The fourth-order valence-electron chi connectivity index (χ4n) is 4.99. The van der Waals surface area contributed by atoms with Crippen molar-refractivity contribution in [2.24, 2.45) is 0 Å². The number of rotatable bonds is 7.